The van der Waals surface area contributed by atoms with Crippen LogP contribution in [0.3, 0.4) is 0 Å². The second-order valence-corrected chi connectivity index (χ2v) is 19.6. The normalized spacial score (nSPS) is 24.2. The van der Waals surface area contributed by atoms with Crippen LogP contribution in [0.2, 0.25) is 0 Å². The molecule has 8 amide bonds. The zero-order chi connectivity index (χ0) is 50.1. The zero-order valence-electron chi connectivity index (χ0n) is 38.8. The first kappa shape index (κ1) is 50.8. The number of hydrogen-bond acceptors (Lipinski definition) is 13. The van der Waals surface area contributed by atoms with Gasteiger partial charge in [0.05, 0.1) is 31.1 Å². The Bertz CT molecular complexity index is 2710. The predicted molar refractivity (Wildman–Crippen MR) is 263 cm³/mol. The molecule has 2 aliphatic rings. The van der Waals surface area contributed by atoms with E-state index >= 15 is 4.79 Å². The second kappa shape index (κ2) is 23.0. The summed E-state index contributed by atoms with van der Waals surface area (Å²) in [6.45, 7) is 3.58. The van der Waals surface area contributed by atoms with Crippen LogP contribution >= 0.6 is 22.7 Å². The summed E-state index contributed by atoms with van der Waals surface area (Å²) in [6, 6.07) is 10.9. The van der Waals surface area contributed by atoms with E-state index in [0.29, 0.717) is 25.0 Å². The molecule has 0 bridgehead atoms. The average Bonchev–Trinajstić information content (AvgIpc) is 4.19. The maximum Gasteiger partial charge on any atom is 0.246 e. The van der Waals surface area contributed by atoms with Crippen molar-refractivity contribution in [1.29, 1.82) is 0 Å². The highest BCUT2D eigenvalue weighted by molar-refractivity contribution is 7.17. The van der Waals surface area contributed by atoms with Crippen molar-refractivity contribution in [2.75, 3.05) is 13.1 Å². The highest BCUT2D eigenvalue weighted by atomic mass is 32.1. The van der Waals surface area contributed by atoms with Crippen LogP contribution in [0.15, 0.2) is 77.6 Å². The summed E-state index contributed by atoms with van der Waals surface area (Å²) in [5.74, 6) is -6.76. The number of fused-ring (bicyclic) bond motifs is 2. The molecule has 5 heterocycles. The lowest BCUT2D eigenvalue weighted by atomic mass is 9.96. The van der Waals surface area contributed by atoms with Gasteiger partial charge in [-0.25, -0.2) is 4.68 Å². The van der Waals surface area contributed by atoms with Crippen molar-refractivity contribution in [3.05, 3.63) is 83.2 Å². The monoisotopic (exact) mass is 994 g/mol. The number of rotatable bonds is 10. The number of aromatic nitrogens is 3. The van der Waals surface area contributed by atoms with Crippen LogP contribution in [0.4, 0.5) is 0 Å². The minimum atomic E-state index is -1.58. The Balaban J connectivity index is 1.24. The van der Waals surface area contributed by atoms with Gasteiger partial charge in [-0.3, -0.25) is 38.4 Å². The summed E-state index contributed by atoms with van der Waals surface area (Å²) in [6.07, 6.45) is 1.79. The van der Waals surface area contributed by atoms with Gasteiger partial charge in [0.25, 0.3) is 0 Å². The van der Waals surface area contributed by atoms with Crippen molar-refractivity contribution in [2.45, 2.75) is 108 Å². The fraction of sp³-hybridized carbons (Fsp3) is 0.417. The molecule has 1 unspecified atom stereocenters. The van der Waals surface area contributed by atoms with E-state index in [4.69, 9.17) is 17.2 Å². The van der Waals surface area contributed by atoms with Crippen LogP contribution in [0.5, 0.6) is 0 Å². The van der Waals surface area contributed by atoms with Gasteiger partial charge in [-0.1, -0.05) is 74.0 Å². The highest BCUT2D eigenvalue weighted by Gasteiger charge is 2.45. The Morgan fingerprint density at radius 2 is 1.57 bits per heavy atom. The van der Waals surface area contributed by atoms with Crippen LogP contribution in [0, 0.1) is 5.92 Å². The first-order valence-electron chi connectivity index (χ1n) is 23.2. The standard InChI is InChI=1S/C48H58N12O8S2/c1-3-26(2)42-48(68)59-23-30(60-24-36(57-58-60)27-13-15-28(16-14-27)38-12-8-18-69-38)20-37(59)47(67)55-34(19-29-25-70-39-11-5-4-9-31(29)39)45(65)53-33(43(51)63)10-6-7-17-52-41(62)21-32(49)44(64)54-35(22-40(50)61)46(66)56-42/h4-5,8-9,11-16,18,24-26,30,32-35,37,42H,3,6-7,10,17,19-23,49H2,1-2H3,(H2,50,61)(H2,51,63)(H,52,62)(H,53,65)(H,54,64)(H,55,67)(H,56,66)/t26-,30-,32-,33-,34-,35?,37-,42-/m0/s1. The molecule has 2 saturated heterocycles. The maximum atomic E-state index is 15.1. The van der Waals surface area contributed by atoms with E-state index in [1.165, 1.54) is 16.2 Å². The molecule has 0 radical (unpaired) electrons. The smallest absolute Gasteiger partial charge is 0.246 e. The van der Waals surface area contributed by atoms with E-state index in [1.54, 1.807) is 36.1 Å². The second-order valence-electron chi connectivity index (χ2n) is 17.8. The van der Waals surface area contributed by atoms with Crippen LogP contribution in [0.1, 0.15) is 70.4 Å². The fourth-order valence-electron chi connectivity index (χ4n) is 8.65. The van der Waals surface area contributed by atoms with Crippen molar-refractivity contribution in [2.24, 2.45) is 23.1 Å². The molecule has 3 aromatic heterocycles. The Morgan fingerprint density at radius 1 is 0.843 bits per heavy atom. The Labute approximate surface area is 411 Å². The molecule has 0 saturated carbocycles. The molecule has 7 rings (SSSR count). The number of hydrogen-bond donors (Lipinski definition) is 8. The number of amides is 8. The first-order chi connectivity index (χ1) is 33.6. The van der Waals surface area contributed by atoms with E-state index in [-0.39, 0.29) is 32.4 Å². The van der Waals surface area contributed by atoms with Crippen molar-refractivity contribution < 1.29 is 38.4 Å². The number of thiophene rings is 2. The summed E-state index contributed by atoms with van der Waals surface area (Å²) < 4.78 is 2.54. The predicted octanol–water partition coefficient (Wildman–Crippen LogP) is 1.64. The molecule has 2 fully saturated rings. The number of carbonyl (C=O) groups excluding carboxylic acids is 8. The number of carbonyl (C=O) groups is 8. The van der Waals surface area contributed by atoms with Crippen molar-refractivity contribution in [3.63, 3.8) is 0 Å². The minimum Gasteiger partial charge on any atom is -0.370 e. The minimum absolute atomic E-state index is 0.0154. The first-order valence-corrected chi connectivity index (χ1v) is 25.0. The van der Waals surface area contributed by atoms with Gasteiger partial charge in [0.15, 0.2) is 0 Å². The Hall–Kier alpha value is -7.04. The summed E-state index contributed by atoms with van der Waals surface area (Å²) in [7, 11) is 0. The van der Waals surface area contributed by atoms with Gasteiger partial charge in [-0.2, -0.15) is 0 Å². The van der Waals surface area contributed by atoms with Gasteiger partial charge in [-0.15, -0.1) is 27.8 Å². The largest absolute Gasteiger partial charge is 0.370 e. The third kappa shape index (κ3) is 12.4. The maximum absolute atomic E-state index is 15.1. The molecule has 0 aliphatic carbocycles. The highest BCUT2D eigenvalue weighted by Crippen LogP contribution is 2.32. The Kier molecular flexibility index (Phi) is 16.7. The van der Waals surface area contributed by atoms with Crippen LogP contribution in [-0.2, 0) is 44.8 Å². The van der Waals surface area contributed by atoms with Crippen LogP contribution in [-0.4, -0.2) is 116 Å². The molecule has 20 nitrogen and oxygen atoms in total. The molecule has 2 aliphatic heterocycles. The van der Waals surface area contributed by atoms with E-state index in [1.807, 2.05) is 71.4 Å². The number of primary amides is 2. The third-order valence-electron chi connectivity index (χ3n) is 12.8. The van der Waals surface area contributed by atoms with E-state index in [9.17, 15) is 33.6 Å². The van der Waals surface area contributed by atoms with E-state index in [0.717, 1.165) is 31.7 Å². The lowest BCUT2D eigenvalue weighted by Crippen LogP contribution is -2.60. The molecule has 8 atom stereocenters. The van der Waals surface area contributed by atoms with Crippen molar-refractivity contribution in [3.8, 4) is 21.7 Å². The van der Waals surface area contributed by atoms with Crippen LogP contribution < -0.4 is 43.8 Å². The van der Waals surface area contributed by atoms with E-state index in [2.05, 4.69) is 36.9 Å². The van der Waals surface area contributed by atoms with Crippen molar-refractivity contribution >= 4 is 80.0 Å². The summed E-state index contributed by atoms with van der Waals surface area (Å²) in [5, 5.41) is 27.1. The van der Waals surface area contributed by atoms with Gasteiger partial charge in [0.1, 0.15) is 35.9 Å². The summed E-state index contributed by atoms with van der Waals surface area (Å²) in [4.78, 5) is 112. The molecular weight excluding hydrogens is 937 g/mol. The molecule has 70 heavy (non-hydrogen) atoms. The van der Waals surface area contributed by atoms with Gasteiger partial charge >= 0.3 is 0 Å². The SMILES string of the molecule is CC[C@H](C)[C@@H]1NC(=O)C(CC(N)=O)NC(=O)[C@@H](N)CC(=O)NCCCC[C@@H](C(N)=O)NC(=O)[C@H](Cc2csc3ccccc23)NC(=O)[C@@H]2C[C@H](n3cc(-c4ccc(-c5cccs5)cc4)nn3)CN2C1=O. The summed E-state index contributed by atoms with van der Waals surface area (Å²) >= 11 is 3.09. The quantitative estimate of drug-likeness (QED) is 0.0995. The lowest BCUT2D eigenvalue weighted by molar-refractivity contribution is -0.143. The molecule has 2 aromatic carbocycles. The van der Waals surface area contributed by atoms with Gasteiger partial charge in [0, 0.05) is 41.1 Å². The molecule has 22 heteroatoms. The molecule has 370 valence electrons. The Morgan fingerprint density at radius 3 is 2.29 bits per heavy atom. The van der Waals surface area contributed by atoms with Gasteiger partial charge in [-0.05, 0) is 64.6 Å². The summed E-state index contributed by atoms with van der Waals surface area (Å²) in [5.41, 5.74) is 20.5. The fourth-order valence-corrected chi connectivity index (χ4v) is 10.4. The number of nitrogens with zero attached hydrogens (tertiary/aromatic N) is 4. The van der Waals surface area contributed by atoms with Crippen LogP contribution in [0.25, 0.3) is 31.8 Å². The molecule has 0 spiro atoms. The molecule has 11 N–H and O–H groups in total. The van der Waals surface area contributed by atoms with Gasteiger partial charge in [0.2, 0.25) is 47.3 Å². The number of nitrogens with two attached hydrogens (primary N) is 3. The van der Waals surface area contributed by atoms with Crippen molar-refractivity contribution in [1.82, 2.24) is 46.5 Å². The third-order valence-corrected chi connectivity index (χ3v) is 14.7. The number of nitrogens with one attached hydrogen (secondary N) is 5. The van der Waals surface area contributed by atoms with E-state index < -0.39 is 108 Å². The topological polar surface area (TPSA) is 309 Å². The molecule has 5 aromatic rings. The average molecular weight is 995 g/mol. The molecular formula is C48H58N12O8S2. The number of benzene rings is 2. The lowest BCUT2D eigenvalue weighted by Gasteiger charge is -2.33. The van der Waals surface area contributed by atoms with Gasteiger partial charge < -0.3 is 48.7 Å². The zero-order valence-corrected chi connectivity index (χ0v) is 40.4.